The second-order valence-electron chi connectivity index (χ2n) is 10.8. The summed E-state index contributed by atoms with van der Waals surface area (Å²) in [5.41, 5.74) is 9.09. The van der Waals surface area contributed by atoms with Crippen LogP contribution in [0.2, 0.25) is 0 Å². The van der Waals surface area contributed by atoms with Gasteiger partial charge in [0.15, 0.2) is 0 Å². The van der Waals surface area contributed by atoms with Gasteiger partial charge in [-0.15, -0.1) is 0 Å². The Balaban J connectivity index is 0.00000181. The number of aryl methyl sites for hydroxylation is 2. The summed E-state index contributed by atoms with van der Waals surface area (Å²) in [5, 5.41) is 2.38. The van der Waals surface area contributed by atoms with E-state index in [0.717, 1.165) is 0 Å². The Hall–Kier alpha value is -0.356. The van der Waals surface area contributed by atoms with Gasteiger partial charge >= 0.3 is 195 Å². The molecule has 0 saturated carbocycles. The van der Waals surface area contributed by atoms with E-state index in [-0.39, 0.29) is 51.9 Å². The topological polar surface area (TPSA) is 0 Å². The first-order chi connectivity index (χ1) is 14.0. The fourth-order valence-corrected chi connectivity index (χ4v) is 13.5. The summed E-state index contributed by atoms with van der Waals surface area (Å²) in [6.07, 6.45) is 7.53. The van der Waals surface area contributed by atoms with E-state index < -0.39 is 0 Å². The number of hydrogen-bond donors (Lipinski definition) is 0. The van der Waals surface area contributed by atoms with Crippen molar-refractivity contribution < 1.29 is 44.0 Å². The van der Waals surface area contributed by atoms with Gasteiger partial charge in [0.05, 0.1) is 0 Å². The zero-order valence-corrected chi connectivity index (χ0v) is 24.5. The van der Waals surface area contributed by atoms with Crippen molar-refractivity contribution in [2.45, 2.75) is 74.1 Å². The zero-order valence-electron chi connectivity index (χ0n) is 20.6. The summed E-state index contributed by atoms with van der Waals surface area (Å²) in [7, 11) is -0.263. The fraction of sp³-hybridized carbons (Fsp3) is 0.429. The van der Waals surface area contributed by atoms with Crippen LogP contribution in [0.15, 0.2) is 47.8 Å². The second-order valence-corrected chi connectivity index (χ2v) is 17.1. The molecule has 0 fully saturated rings. The summed E-state index contributed by atoms with van der Waals surface area (Å²) < 4.78 is 1.28. The Morgan fingerprint density at radius 1 is 0.812 bits per heavy atom. The van der Waals surface area contributed by atoms with Crippen LogP contribution in [0.25, 0.3) is 12.2 Å². The van der Waals surface area contributed by atoms with Gasteiger partial charge in [-0.25, -0.2) is 0 Å². The molecule has 0 heterocycles. The van der Waals surface area contributed by atoms with E-state index in [1.165, 1.54) is 22.3 Å². The summed E-state index contributed by atoms with van der Waals surface area (Å²) in [5.74, 6) is 0. The van der Waals surface area contributed by atoms with Crippen LogP contribution >= 0.6 is 7.92 Å². The van der Waals surface area contributed by atoms with E-state index >= 15 is 0 Å². The average Bonchev–Trinajstić information content (AvgIpc) is 3.20. The molecule has 0 amide bonds. The third-order valence-electron chi connectivity index (χ3n) is 6.34. The van der Waals surface area contributed by atoms with Gasteiger partial charge in [0, 0.05) is 0 Å². The maximum atomic E-state index is 2.59. The number of hydrogen-bond acceptors (Lipinski definition) is 0. The Kier molecular flexibility index (Phi) is 8.80. The number of benzene rings is 2. The fourth-order valence-electron chi connectivity index (χ4n) is 5.55. The average molecular weight is 521 g/mol. The number of rotatable bonds is 3. The van der Waals surface area contributed by atoms with Crippen molar-refractivity contribution in [3.8, 4) is 0 Å². The molecule has 0 radical (unpaired) electrons. The van der Waals surface area contributed by atoms with Crippen molar-refractivity contribution in [2.24, 2.45) is 0 Å². The number of fused-ring (bicyclic) bond motifs is 2. The Labute approximate surface area is 218 Å². The Morgan fingerprint density at radius 2 is 1.41 bits per heavy atom. The molecule has 0 aliphatic heterocycles. The van der Waals surface area contributed by atoms with Crippen molar-refractivity contribution in [2.75, 3.05) is 0 Å². The SMILES string of the molecule is Cc1ccc(C)c2c1C=C[CH]2[Ti+2][CH]1C(P(C(C)(C)C)C(C)(C)C)=Cc2ccccc21.[Cl-].[Cl-]. The summed E-state index contributed by atoms with van der Waals surface area (Å²) >= 11 is -0.274. The molecule has 0 N–H and O–H groups in total. The van der Waals surface area contributed by atoms with E-state index in [4.69, 9.17) is 0 Å². The van der Waals surface area contributed by atoms with E-state index in [9.17, 15) is 0 Å². The van der Waals surface area contributed by atoms with Crippen molar-refractivity contribution in [1.82, 2.24) is 0 Å². The minimum Gasteiger partial charge on any atom is -1.00 e. The first-order valence-electron chi connectivity index (χ1n) is 11.1. The van der Waals surface area contributed by atoms with E-state index in [0.29, 0.717) is 18.8 Å². The van der Waals surface area contributed by atoms with Gasteiger partial charge in [0.1, 0.15) is 0 Å². The zero-order chi connectivity index (χ0) is 21.8. The molecular formula is C28H35Cl2PTi. The smallest absolute Gasteiger partial charge is 1.00 e. The van der Waals surface area contributed by atoms with Gasteiger partial charge < -0.3 is 24.8 Å². The first-order valence-corrected chi connectivity index (χ1v) is 14.3. The van der Waals surface area contributed by atoms with Crippen LogP contribution in [0.5, 0.6) is 0 Å². The van der Waals surface area contributed by atoms with Crippen LogP contribution in [0.4, 0.5) is 0 Å². The Bertz CT molecular complexity index is 1030. The molecule has 2 aromatic rings. The molecule has 2 aliphatic carbocycles. The quantitative estimate of drug-likeness (QED) is 0.431. The molecule has 4 rings (SSSR count). The molecule has 0 saturated heterocycles. The molecular weight excluding hydrogens is 486 g/mol. The van der Waals surface area contributed by atoms with E-state index in [1.54, 1.807) is 16.4 Å². The third-order valence-corrected chi connectivity index (χ3v) is 13.1. The second kappa shape index (κ2) is 10.1. The molecule has 0 nitrogen and oxygen atoms in total. The van der Waals surface area contributed by atoms with Crippen LogP contribution in [0.1, 0.15) is 83.4 Å². The molecule has 32 heavy (non-hydrogen) atoms. The van der Waals surface area contributed by atoms with Gasteiger partial charge in [0.25, 0.3) is 0 Å². The standard InChI is InChI=1S/C17H24P.C11H11.2ClH.Ti/c1-16(2,3)18(17(4,5)6)15-11-13-9-7-8-10-14(13)12-15;1-8-6-7-9(2)11-5-3-4-10(8)11;;;/h7-12H,1-6H3;3-7H,1-2H3;2*1H;/q;;;;+2/p-2. The minimum absolute atomic E-state index is 0. The molecule has 0 spiro atoms. The monoisotopic (exact) mass is 520 g/mol. The Morgan fingerprint density at radius 3 is 2.03 bits per heavy atom. The molecule has 2 unspecified atom stereocenters. The van der Waals surface area contributed by atoms with Crippen LogP contribution < -0.4 is 24.8 Å². The normalized spacial score (nSPS) is 19.0. The first kappa shape index (κ1) is 27.9. The number of allylic oxidation sites excluding steroid dienone is 2. The van der Waals surface area contributed by atoms with Gasteiger partial charge in [-0.1, -0.05) is 0 Å². The maximum absolute atomic E-state index is 2.59. The maximum Gasteiger partial charge on any atom is -1.00 e. The van der Waals surface area contributed by atoms with Crippen LogP contribution in [0, 0.1) is 13.8 Å². The van der Waals surface area contributed by atoms with Gasteiger partial charge in [0.2, 0.25) is 0 Å². The molecule has 2 atom stereocenters. The van der Waals surface area contributed by atoms with Crippen LogP contribution in [0.3, 0.4) is 0 Å². The summed E-state index contributed by atoms with van der Waals surface area (Å²) in [6.45, 7) is 19.3. The summed E-state index contributed by atoms with van der Waals surface area (Å²) in [4.78, 5) is 0. The predicted octanol–water partition coefficient (Wildman–Crippen LogP) is 2.64. The van der Waals surface area contributed by atoms with Crippen molar-refractivity contribution in [3.05, 3.63) is 81.2 Å². The number of halogens is 2. The van der Waals surface area contributed by atoms with Crippen molar-refractivity contribution in [1.29, 1.82) is 0 Å². The molecule has 0 aromatic heterocycles. The molecule has 0 bridgehead atoms. The molecule has 2 aliphatic rings. The summed E-state index contributed by atoms with van der Waals surface area (Å²) in [6, 6.07) is 13.8. The van der Waals surface area contributed by atoms with Crippen LogP contribution in [-0.4, -0.2) is 10.3 Å². The van der Waals surface area contributed by atoms with Crippen molar-refractivity contribution >= 4 is 20.1 Å². The van der Waals surface area contributed by atoms with Crippen molar-refractivity contribution in [3.63, 3.8) is 0 Å². The third kappa shape index (κ3) is 5.16. The predicted molar refractivity (Wildman–Crippen MR) is 131 cm³/mol. The van der Waals surface area contributed by atoms with Gasteiger partial charge in [-0.3, -0.25) is 0 Å². The largest absolute Gasteiger partial charge is 1.00 e. The van der Waals surface area contributed by atoms with E-state index in [1.807, 2.05) is 0 Å². The van der Waals surface area contributed by atoms with Gasteiger partial charge in [-0.2, -0.15) is 0 Å². The minimum atomic E-state index is -0.274. The van der Waals surface area contributed by atoms with Crippen LogP contribution in [-0.2, 0) is 19.2 Å². The molecule has 4 heteroatoms. The van der Waals surface area contributed by atoms with E-state index in [2.05, 4.69) is 110 Å². The van der Waals surface area contributed by atoms with Gasteiger partial charge in [-0.05, 0) is 0 Å². The molecule has 2 aromatic carbocycles. The molecule has 170 valence electrons.